The Bertz CT molecular complexity index is 225. The smallest absolute Gasteiger partial charge is 0.0633 e. The molecule has 1 saturated heterocycles. The monoisotopic (exact) mass is 212 g/mol. The van der Waals surface area contributed by atoms with Crippen LogP contribution in [0.4, 0.5) is 0 Å². The Morgan fingerprint density at radius 2 is 1.93 bits per heavy atom. The summed E-state index contributed by atoms with van der Waals surface area (Å²) >= 11 is 0. The van der Waals surface area contributed by atoms with Crippen molar-refractivity contribution in [3.63, 3.8) is 0 Å². The molecule has 0 amide bonds. The lowest BCUT2D eigenvalue weighted by Crippen LogP contribution is -2.31. The van der Waals surface area contributed by atoms with Crippen LogP contribution in [0.15, 0.2) is 12.2 Å². The van der Waals surface area contributed by atoms with E-state index < -0.39 is 0 Å². The second kappa shape index (κ2) is 5.13. The van der Waals surface area contributed by atoms with E-state index in [1.165, 1.54) is 0 Å². The number of hydrogen-bond donors (Lipinski definition) is 1. The van der Waals surface area contributed by atoms with Crippen LogP contribution in [0.3, 0.4) is 0 Å². The molecule has 2 nitrogen and oxygen atoms in total. The predicted molar refractivity (Wildman–Crippen MR) is 62.7 cm³/mol. The summed E-state index contributed by atoms with van der Waals surface area (Å²) in [6.07, 6.45) is 1.78. The van der Waals surface area contributed by atoms with E-state index in [1.54, 1.807) is 0 Å². The van der Waals surface area contributed by atoms with Crippen molar-refractivity contribution in [3.8, 4) is 0 Å². The van der Waals surface area contributed by atoms with Crippen LogP contribution in [-0.4, -0.2) is 23.4 Å². The highest BCUT2D eigenvalue weighted by molar-refractivity contribution is 4.99. The minimum Gasteiger partial charge on any atom is -0.392 e. The van der Waals surface area contributed by atoms with Gasteiger partial charge in [-0.25, -0.2) is 0 Å². The summed E-state index contributed by atoms with van der Waals surface area (Å²) in [5.74, 6) is 0.683. The Balaban J connectivity index is 2.58. The molecule has 1 aliphatic heterocycles. The minimum absolute atomic E-state index is 0.162. The van der Waals surface area contributed by atoms with Gasteiger partial charge in [0.2, 0.25) is 0 Å². The summed E-state index contributed by atoms with van der Waals surface area (Å²) in [5.41, 5.74) is 1.13. The van der Waals surface area contributed by atoms with Gasteiger partial charge in [0.1, 0.15) is 0 Å². The Labute approximate surface area is 93.3 Å². The molecule has 88 valence electrons. The maximum Gasteiger partial charge on any atom is 0.0633 e. The van der Waals surface area contributed by atoms with Crippen LogP contribution < -0.4 is 0 Å². The third-order valence-electron chi connectivity index (χ3n) is 3.76. The predicted octanol–water partition coefficient (Wildman–Crippen LogP) is 2.76. The van der Waals surface area contributed by atoms with Crippen LogP contribution in [0.2, 0.25) is 0 Å². The first-order valence-corrected chi connectivity index (χ1v) is 5.97. The van der Waals surface area contributed by atoms with Crippen LogP contribution in [0.5, 0.6) is 0 Å². The van der Waals surface area contributed by atoms with Crippen LogP contribution in [-0.2, 0) is 4.74 Å². The minimum atomic E-state index is -0.299. The van der Waals surface area contributed by atoms with Gasteiger partial charge in [-0.3, -0.25) is 0 Å². The molecule has 1 heterocycles. The average molecular weight is 212 g/mol. The van der Waals surface area contributed by atoms with Gasteiger partial charge in [0.05, 0.1) is 18.3 Å². The van der Waals surface area contributed by atoms with Crippen molar-refractivity contribution < 1.29 is 9.84 Å². The molecule has 1 fully saturated rings. The largest absolute Gasteiger partial charge is 0.392 e. The standard InChI is InChI=1S/C13H24O2/c1-6-8(2)7-12(14)13-9(3)10(4)15-11(13)5/h9-14H,2,6-7H2,1,3-5H3. The summed E-state index contributed by atoms with van der Waals surface area (Å²) in [7, 11) is 0. The summed E-state index contributed by atoms with van der Waals surface area (Å²) in [6.45, 7) is 12.3. The normalized spacial score (nSPS) is 37.9. The first-order valence-electron chi connectivity index (χ1n) is 5.97. The third kappa shape index (κ3) is 2.82. The van der Waals surface area contributed by atoms with Crippen LogP contribution in [0, 0.1) is 11.8 Å². The molecule has 0 saturated carbocycles. The molecule has 0 aliphatic carbocycles. The van der Waals surface area contributed by atoms with Crippen molar-refractivity contribution >= 4 is 0 Å². The highest BCUT2D eigenvalue weighted by Crippen LogP contribution is 2.36. The molecule has 0 bridgehead atoms. The summed E-state index contributed by atoms with van der Waals surface area (Å²) in [4.78, 5) is 0. The van der Waals surface area contributed by atoms with E-state index in [0.717, 1.165) is 12.0 Å². The maximum atomic E-state index is 10.2. The molecule has 5 atom stereocenters. The van der Waals surface area contributed by atoms with E-state index in [0.29, 0.717) is 12.3 Å². The van der Waals surface area contributed by atoms with E-state index in [-0.39, 0.29) is 24.2 Å². The fourth-order valence-corrected chi connectivity index (χ4v) is 2.53. The van der Waals surface area contributed by atoms with Gasteiger partial charge in [-0.1, -0.05) is 26.0 Å². The summed E-state index contributed by atoms with van der Waals surface area (Å²) < 4.78 is 5.73. The van der Waals surface area contributed by atoms with E-state index in [4.69, 9.17) is 4.74 Å². The van der Waals surface area contributed by atoms with E-state index in [2.05, 4.69) is 34.3 Å². The quantitative estimate of drug-likeness (QED) is 0.726. The van der Waals surface area contributed by atoms with Crippen LogP contribution in [0.1, 0.15) is 40.5 Å². The van der Waals surface area contributed by atoms with Gasteiger partial charge in [0.25, 0.3) is 0 Å². The molecule has 0 aromatic carbocycles. The average Bonchev–Trinajstić information content (AvgIpc) is 2.41. The summed E-state index contributed by atoms with van der Waals surface area (Å²) in [5, 5.41) is 10.2. The molecule has 1 aliphatic rings. The second-order valence-electron chi connectivity index (χ2n) is 4.86. The van der Waals surface area contributed by atoms with Crippen molar-refractivity contribution in [1.29, 1.82) is 0 Å². The highest BCUT2D eigenvalue weighted by Gasteiger charge is 2.40. The zero-order valence-electron chi connectivity index (χ0n) is 10.4. The first-order chi connectivity index (χ1) is 6.97. The molecule has 15 heavy (non-hydrogen) atoms. The zero-order valence-corrected chi connectivity index (χ0v) is 10.4. The van der Waals surface area contributed by atoms with Gasteiger partial charge in [-0.05, 0) is 32.6 Å². The molecule has 1 rings (SSSR count). The van der Waals surface area contributed by atoms with Gasteiger partial charge >= 0.3 is 0 Å². The van der Waals surface area contributed by atoms with Gasteiger partial charge in [0.15, 0.2) is 0 Å². The Morgan fingerprint density at radius 3 is 2.33 bits per heavy atom. The molecule has 0 spiro atoms. The molecule has 1 N–H and O–H groups in total. The highest BCUT2D eigenvalue weighted by atomic mass is 16.5. The maximum absolute atomic E-state index is 10.2. The molecular weight excluding hydrogens is 188 g/mol. The number of rotatable bonds is 4. The lowest BCUT2D eigenvalue weighted by molar-refractivity contribution is 0.0238. The SMILES string of the molecule is C=C(CC)CC(O)C1C(C)OC(C)C1C. The number of aliphatic hydroxyl groups excluding tert-OH is 1. The third-order valence-corrected chi connectivity index (χ3v) is 3.76. The molecule has 2 heteroatoms. The van der Waals surface area contributed by atoms with Crippen LogP contribution in [0.25, 0.3) is 0 Å². The fourth-order valence-electron chi connectivity index (χ4n) is 2.53. The van der Waals surface area contributed by atoms with Gasteiger partial charge in [0, 0.05) is 5.92 Å². The Morgan fingerprint density at radius 1 is 1.33 bits per heavy atom. The molecule has 0 aromatic heterocycles. The van der Waals surface area contributed by atoms with Gasteiger partial charge in [-0.15, -0.1) is 0 Å². The lowest BCUT2D eigenvalue weighted by atomic mass is 9.82. The molecule has 0 aromatic rings. The molecule has 5 unspecified atom stereocenters. The fraction of sp³-hybridized carbons (Fsp3) is 0.846. The lowest BCUT2D eigenvalue weighted by Gasteiger charge is -2.25. The summed E-state index contributed by atoms with van der Waals surface area (Å²) in [6, 6.07) is 0. The molecule has 0 radical (unpaired) electrons. The van der Waals surface area contributed by atoms with Crippen molar-refractivity contribution in [3.05, 3.63) is 12.2 Å². The number of hydrogen-bond acceptors (Lipinski definition) is 2. The van der Waals surface area contributed by atoms with E-state index in [9.17, 15) is 5.11 Å². The van der Waals surface area contributed by atoms with E-state index >= 15 is 0 Å². The van der Waals surface area contributed by atoms with Gasteiger partial charge < -0.3 is 9.84 Å². The van der Waals surface area contributed by atoms with Crippen molar-refractivity contribution in [2.24, 2.45) is 11.8 Å². The van der Waals surface area contributed by atoms with Crippen molar-refractivity contribution in [1.82, 2.24) is 0 Å². The van der Waals surface area contributed by atoms with Crippen molar-refractivity contribution in [2.75, 3.05) is 0 Å². The first kappa shape index (κ1) is 12.7. The Hall–Kier alpha value is -0.340. The van der Waals surface area contributed by atoms with Crippen LogP contribution >= 0.6 is 0 Å². The zero-order chi connectivity index (χ0) is 11.6. The van der Waals surface area contributed by atoms with Gasteiger partial charge in [-0.2, -0.15) is 0 Å². The van der Waals surface area contributed by atoms with E-state index in [1.807, 2.05) is 0 Å². The topological polar surface area (TPSA) is 29.5 Å². The van der Waals surface area contributed by atoms with Crippen molar-refractivity contribution in [2.45, 2.75) is 58.8 Å². The number of ether oxygens (including phenoxy) is 1. The Kier molecular flexibility index (Phi) is 4.35. The number of aliphatic hydroxyl groups is 1. The second-order valence-corrected chi connectivity index (χ2v) is 4.86. The molecular formula is C13H24O2.